The van der Waals surface area contributed by atoms with E-state index in [1.165, 1.54) is 64.2 Å². The van der Waals surface area contributed by atoms with Crippen molar-refractivity contribution in [3.05, 3.63) is 0 Å². The molecular formula is C18H36O3. The molecule has 126 valence electrons. The first-order chi connectivity index (χ1) is 10.2. The smallest absolute Gasteiger partial charge is 0.285 e. The molecule has 1 rings (SSSR count). The van der Waals surface area contributed by atoms with E-state index >= 15 is 0 Å². The predicted molar refractivity (Wildman–Crippen MR) is 87.2 cm³/mol. The quantitative estimate of drug-likeness (QED) is 0.391. The van der Waals surface area contributed by atoms with Gasteiger partial charge < -0.3 is 14.2 Å². The minimum absolute atomic E-state index is 0.347. The van der Waals surface area contributed by atoms with Crippen LogP contribution < -0.4 is 0 Å². The molecule has 0 heterocycles. The summed E-state index contributed by atoms with van der Waals surface area (Å²) in [5.41, 5.74) is 0. The van der Waals surface area contributed by atoms with E-state index in [-0.39, 0.29) is 0 Å². The lowest BCUT2D eigenvalue weighted by molar-refractivity contribution is -0.387. The number of hydrogen-bond acceptors (Lipinski definition) is 3. The molecule has 0 spiro atoms. The number of methoxy groups -OCH3 is 3. The van der Waals surface area contributed by atoms with Crippen LogP contribution in [0.1, 0.15) is 77.6 Å². The van der Waals surface area contributed by atoms with Gasteiger partial charge in [-0.2, -0.15) is 0 Å². The highest BCUT2D eigenvalue weighted by Gasteiger charge is 2.44. The van der Waals surface area contributed by atoms with Crippen LogP contribution in [0, 0.1) is 11.8 Å². The van der Waals surface area contributed by atoms with E-state index in [0.29, 0.717) is 11.8 Å². The van der Waals surface area contributed by atoms with Gasteiger partial charge in [0.05, 0.1) is 0 Å². The van der Waals surface area contributed by atoms with Gasteiger partial charge in [-0.25, -0.2) is 0 Å². The lowest BCUT2D eigenvalue weighted by atomic mass is 9.76. The summed E-state index contributed by atoms with van der Waals surface area (Å²) >= 11 is 0. The third kappa shape index (κ3) is 5.54. The molecule has 1 fully saturated rings. The maximum Gasteiger partial charge on any atom is 0.285 e. The average Bonchev–Trinajstić information content (AvgIpc) is 2.55. The molecule has 1 aliphatic rings. The van der Waals surface area contributed by atoms with E-state index in [4.69, 9.17) is 14.2 Å². The molecule has 0 radical (unpaired) electrons. The molecule has 1 aliphatic carbocycles. The number of rotatable bonds is 11. The van der Waals surface area contributed by atoms with E-state index in [1.54, 1.807) is 21.3 Å². The van der Waals surface area contributed by atoms with E-state index in [9.17, 15) is 0 Å². The highest BCUT2D eigenvalue weighted by molar-refractivity contribution is 4.81. The van der Waals surface area contributed by atoms with Gasteiger partial charge in [0, 0.05) is 27.2 Å². The standard InChI is InChI=1S/C18H36O3/c1-5-6-7-8-12-15-17(16-13-10-9-11-14-16)18(19-2,20-3)21-4/h16-17H,5-15H2,1-4H3. The first-order valence-electron chi connectivity index (χ1n) is 8.89. The molecular weight excluding hydrogens is 264 g/mol. The average molecular weight is 300 g/mol. The summed E-state index contributed by atoms with van der Waals surface area (Å²) in [6.07, 6.45) is 14.3. The molecule has 0 N–H and O–H groups in total. The fraction of sp³-hybridized carbons (Fsp3) is 1.00. The first-order valence-corrected chi connectivity index (χ1v) is 8.89. The van der Waals surface area contributed by atoms with Crippen LogP contribution in [-0.4, -0.2) is 27.3 Å². The van der Waals surface area contributed by atoms with Gasteiger partial charge in [-0.05, 0) is 25.2 Å². The van der Waals surface area contributed by atoms with Crippen LogP contribution in [0.5, 0.6) is 0 Å². The summed E-state index contributed by atoms with van der Waals surface area (Å²) in [6, 6.07) is 0. The molecule has 1 saturated carbocycles. The number of ether oxygens (including phenoxy) is 3. The Morgan fingerprint density at radius 1 is 0.857 bits per heavy atom. The van der Waals surface area contributed by atoms with Crippen LogP contribution in [0.25, 0.3) is 0 Å². The number of unbranched alkanes of at least 4 members (excludes halogenated alkanes) is 4. The molecule has 21 heavy (non-hydrogen) atoms. The SMILES string of the molecule is CCCCCCCC(C1CCCCC1)C(OC)(OC)OC. The van der Waals surface area contributed by atoms with Crippen LogP contribution in [0.2, 0.25) is 0 Å². The molecule has 0 saturated heterocycles. The summed E-state index contributed by atoms with van der Waals surface area (Å²) in [5.74, 6) is 0.163. The summed E-state index contributed by atoms with van der Waals surface area (Å²) in [4.78, 5) is 0. The maximum absolute atomic E-state index is 5.69. The first kappa shape index (κ1) is 18.9. The second-order valence-corrected chi connectivity index (χ2v) is 6.42. The largest absolute Gasteiger partial charge is 0.331 e. The Morgan fingerprint density at radius 2 is 1.43 bits per heavy atom. The molecule has 0 amide bonds. The van der Waals surface area contributed by atoms with E-state index in [1.807, 2.05) is 0 Å². The van der Waals surface area contributed by atoms with Gasteiger partial charge in [-0.15, -0.1) is 0 Å². The molecule has 0 aliphatic heterocycles. The molecule has 3 nitrogen and oxygen atoms in total. The van der Waals surface area contributed by atoms with Gasteiger partial charge >= 0.3 is 0 Å². The van der Waals surface area contributed by atoms with E-state index < -0.39 is 5.97 Å². The third-order valence-electron chi connectivity index (χ3n) is 5.15. The van der Waals surface area contributed by atoms with Crippen LogP contribution >= 0.6 is 0 Å². The van der Waals surface area contributed by atoms with Crippen molar-refractivity contribution in [1.82, 2.24) is 0 Å². The topological polar surface area (TPSA) is 27.7 Å². The van der Waals surface area contributed by atoms with Crippen molar-refractivity contribution in [3.63, 3.8) is 0 Å². The van der Waals surface area contributed by atoms with Crippen molar-refractivity contribution in [3.8, 4) is 0 Å². The predicted octanol–water partition coefficient (Wildman–Crippen LogP) is 5.14. The fourth-order valence-corrected chi connectivity index (χ4v) is 3.91. The summed E-state index contributed by atoms with van der Waals surface area (Å²) in [5, 5.41) is 0. The van der Waals surface area contributed by atoms with Crippen LogP contribution in [0.4, 0.5) is 0 Å². The Labute approximate surface area is 131 Å². The lowest BCUT2D eigenvalue weighted by Crippen LogP contribution is -2.47. The number of hydrogen-bond donors (Lipinski definition) is 0. The fourth-order valence-electron chi connectivity index (χ4n) is 3.91. The van der Waals surface area contributed by atoms with Crippen molar-refractivity contribution in [2.24, 2.45) is 11.8 Å². The highest BCUT2D eigenvalue weighted by atomic mass is 16.9. The Kier molecular flexibility index (Phi) is 9.54. The molecule has 1 atom stereocenters. The maximum atomic E-state index is 5.69. The van der Waals surface area contributed by atoms with Gasteiger partial charge in [0.25, 0.3) is 5.97 Å². The van der Waals surface area contributed by atoms with Crippen LogP contribution in [-0.2, 0) is 14.2 Å². The second kappa shape index (κ2) is 10.6. The molecule has 0 aromatic rings. The molecule has 0 aromatic carbocycles. The van der Waals surface area contributed by atoms with Crippen molar-refractivity contribution >= 4 is 0 Å². The summed E-state index contributed by atoms with van der Waals surface area (Å²) in [7, 11) is 5.12. The van der Waals surface area contributed by atoms with Crippen LogP contribution in [0.15, 0.2) is 0 Å². The second-order valence-electron chi connectivity index (χ2n) is 6.42. The van der Waals surface area contributed by atoms with Crippen LogP contribution in [0.3, 0.4) is 0 Å². The zero-order valence-electron chi connectivity index (χ0n) is 14.7. The van der Waals surface area contributed by atoms with Crippen molar-refractivity contribution in [2.75, 3.05) is 21.3 Å². The lowest BCUT2D eigenvalue weighted by Gasteiger charge is -2.42. The van der Waals surface area contributed by atoms with Crippen molar-refractivity contribution < 1.29 is 14.2 Å². The Bertz CT molecular complexity index is 237. The minimum atomic E-state index is -0.854. The third-order valence-corrected chi connectivity index (χ3v) is 5.15. The minimum Gasteiger partial charge on any atom is -0.331 e. The van der Waals surface area contributed by atoms with E-state index in [0.717, 1.165) is 6.42 Å². The van der Waals surface area contributed by atoms with Gasteiger partial charge in [0.1, 0.15) is 0 Å². The molecule has 0 aromatic heterocycles. The van der Waals surface area contributed by atoms with Gasteiger partial charge in [0.15, 0.2) is 0 Å². The van der Waals surface area contributed by atoms with Gasteiger partial charge in [0.2, 0.25) is 0 Å². The highest BCUT2D eigenvalue weighted by Crippen LogP contribution is 2.41. The summed E-state index contributed by atoms with van der Waals surface area (Å²) in [6.45, 7) is 2.26. The van der Waals surface area contributed by atoms with Crippen molar-refractivity contribution in [2.45, 2.75) is 83.5 Å². The zero-order valence-corrected chi connectivity index (χ0v) is 14.7. The van der Waals surface area contributed by atoms with Gasteiger partial charge in [-0.3, -0.25) is 0 Å². The summed E-state index contributed by atoms with van der Waals surface area (Å²) < 4.78 is 17.1. The Balaban J connectivity index is 2.64. The molecule has 1 unspecified atom stereocenters. The molecule has 3 heteroatoms. The zero-order chi connectivity index (χ0) is 15.6. The van der Waals surface area contributed by atoms with Crippen molar-refractivity contribution in [1.29, 1.82) is 0 Å². The molecule has 0 bridgehead atoms. The van der Waals surface area contributed by atoms with Gasteiger partial charge in [-0.1, -0.05) is 58.3 Å². The Hall–Kier alpha value is -0.120. The monoisotopic (exact) mass is 300 g/mol. The Morgan fingerprint density at radius 3 is 1.95 bits per heavy atom. The van der Waals surface area contributed by atoms with E-state index in [2.05, 4.69) is 6.92 Å². The normalized spacial score (nSPS) is 18.9.